The molecule has 0 spiro atoms. The SMILES string of the molecule is CCN(c1ccc(CCl)cc1C)C1CCCC1. The van der Waals surface area contributed by atoms with E-state index < -0.39 is 0 Å². The molecule has 0 heterocycles. The van der Waals surface area contributed by atoms with Crippen molar-refractivity contribution in [3.05, 3.63) is 29.3 Å². The maximum absolute atomic E-state index is 5.88. The van der Waals surface area contributed by atoms with E-state index in [4.69, 9.17) is 11.6 Å². The predicted octanol–water partition coefficient (Wildman–Crippen LogP) is 4.50. The summed E-state index contributed by atoms with van der Waals surface area (Å²) >= 11 is 5.88. The molecule has 0 aliphatic heterocycles. The molecule has 1 aromatic rings. The van der Waals surface area contributed by atoms with E-state index in [1.54, 1.807) is 0 Å². The van der Waals surface area contributed by atoms with Crippen LogP contribution in [0.15, 0.2) is 18.2 Å². The Morgan fingerprint density at radius 1 is 1.29 bits per heavy atom. The summed E-state index contributed by atoms with van der Waals surface area (Å²) < 4.78 is 0. The summed E-state index contributed by atoms with van der Waals surface area (Å²) in [6, 6.07) is 7.38. The van der Waals surface area contributed by atoms with E-state index >= 15 is 0 Å². The van der Waals surface area contributed by atoms with Crippen LogP contribution in [0.4, 0.5) is 5.69 Å². The fourth-order valence-electron chi connectivity index (χ4n) is 2.96. The number of halogens is 1. The summed E-state index contributed by atoms with van der Waals surface area (Å²) in [7, 11) is 0. The molecule has 94 valence electrons. The van der Waals surface area contributed by atoms with Gasteiger partial charge in [-0.3, -0.25) is 0 Å². The number of hydrogen-bond donors (Lipinski definition) is 0. The van der Waals surface area contributed by atoms with Crippen LogP contribution >= 0.6 is 11.6 Å². The lowest BCUT2D eigenvalue weighted by Crippen LogP contribution is -2.33. The molecule has 1 nitrogen and oxygen atoms in total. The first-order valence-corrected chi connectivity index (χ1v) is 7.22. The number of anilines is 1. The fraction of sp³-hybridized carbons (Fsp3) is 0.600. The summed E-state index contributed by atoms with van der Waals surface area (Å²) in [5.41, 5.74) is 3.97. The highest BCUT2D eigenvalue weighted by Crippen LogP contribution is 2.30. The third-order valence-corrected chi connectivity index (χ3v) is 4.14. The van der Waals surface area contributed by atoms with Crippen LogP contribution in [0.2, 0.25) is 0 Å². The van der Waals surface area contributed by atoms with E-state index in [1.165, 1.54) is 42.5 Å². The van der Waals surface area contributed by atoms with Crippen molar-refractivity contribution >= 4 is 17.3 Å². The largest absolute Gasteiger partial charge is 0.369 e. The van der Waals surface area contributed by atoms with Crippen molar-refractivity contribution in [2.45, 2.75) is 51.5 Å². The Kier molecular flexibility index (Phi) is 4.33. The molecule has 0 amide bonds. The third-order valence-electron chi connectivity index (χ3n) is 3.83. The first-order chi connectivity index (χ1) is 8.26. The first kappa shape index (κ1) is 12.8. The maximum atomic E-state index is 5.88. The minimum atomic E-state index is 0.608. The Morgan fingerprint density at radius 3 is 2.53 bits per heavy atom. The van der Waals surface area contributed by atoms with Crippen molar-refractivity contribution in [1.82, 2.24) is 0 Å². The molecule has 0 unspecified atom stereocenters. The standard InChI is InChI=1S/C15H22ClN/c1-3-17(14-6-4-5-7-14)15-9-8-13(11-16)10-12(15)2/h8-10,14H,3-7,11H2,1-2H3. The van der Waals surface area contributed by atoms with Crippen molar-refractivity contribution in [2.24, 2.45) is 0 Å². The maximum Gasteiger partial charge on any atom is 0.0474 e. The van der Waals surface area contributed by atoms with Crippen LogP contribution in [0.3, 0.4) is 0 Å². The molecule has 0 bridgehead atoms. The van der Waals surface area contributed by atoms with Gasteiger partial charge in [-0.15, -0.1) is 11.6 Å². The Labute approximate surface area is 110 Å². The van der Waals surface area contributed by atoms with Crippen LogP contribution in [0.25, 0.3) is 0 Å². The molecule has 0 saturated heterocycles. The van der Waals surface area contributed by atoms with Crippen molar-refractivity contribution < 1.29 is 0 Å². The van der Waals surface area contributed by atoms with E-state index in [2.05, 4.69) is 36.9 Å². The lowest BCUT2D eigenvalue weighted by molar-refractivity contribution is 0.618. The van der Waals surface area contributed by atoms with E-state index in [1.807, 2.05) is 0 Å². The molecule has 17 heavy (non-hydrogen) atoms. The van der Waals surface area contributed by atoms with Gasteiger partial charge in [0.25, 0.3) is 0 Å². The molecule has 0 N–H and O–H groups in total. The normalized spacial score (nSPS) is 16.4. The minimum absolute atomic E-state index is 0.608. The van der Waals surface area contributed by atoms with Gasteiger partial charge in [-0.2, -0.15) is 0 Å². The summed E-state index contributed by atoms with van der Waals surface area (Å²) in [6.45, 7) is 5.56. The number of hydrogen-bond acceptors (Lipinski definition) is 1. The molecule has 1 fully saturated rings. The second-order valence-electron chi connectivity index (χ2n) is 4.98. The molecule has 0 radical (unpaired) electrons. The highest BCUT2D eigenvalue weighted by molar-refractivity contribution is 6.17. The number of benzene rings is 1. The van der Waals surface area contributed by atoms with E-state index in [0.29, 0.717) is 5.88 Å². The van der Waals surface area contributed by atoms with Gasteiger partial charge in [0, 0.05) is 24.2 Å². The lowest BCUT2D eigenvalue weighted by atomic mass is 10.1. The lowest BCUT2D eigenvalue weighted by Gasteiger charge is -2.31. The van der Waals surface area contributed by atoms with Crippen molar-refractivity contribution in [1.29, 1.82) is 0 Å². The monoisotopic (exact) mass is 251 g/mol. The van der Waals surface area contributed by atoms with Crippen LogP contribution in [0, 0.1) is 6.92 Å². The topological polar surface area (TPSA) is 3.24 Å². The van der Waals surface area contributed by atoms with Gasteiger partial charge in [-0.05, 0) is 43.9 Å². The smallest absolute Gasteiger partial charge is 0.0474 e. The Hall–Kier alpha value is -0.690. The van der Waals surface area contributed by atoms with Gasteiger partial charge < -0.3 is 4.90 Å². The van der Waals surface area contributed by atoms with Crippen molar-refractivity contribution in [3.63, 3.8) is 0 Å². The van der Waals surface area contributed by atoms with Gasteiger partial charge in [0.15, 0.2) is 0 Å². The van der Waals surface area contributed by atoms with Crippen LogP contribution in [0.5, 0.6) is 0 Å². The number of rotatable bonds is 4. The Morgan fingerprint density at radius 2 is 2.00 bits per heavy atom. The minimum Gasteiger partial charge on any atom is -0.369 e. The predicted molar refractivity (Wildman–Crippen MR) is 76.0 cm³/mol. The van der Waals surface area contributed by atoms with Crippen LogP contribution in [0.1, 0.15) is 43.7 Å². The Balaban J connectivity index is 2.23. The van der Waals surface area contributed by atoms with Crippen molar-refractivity contribution in [2.75, 3.05) is 11.4 Å². The molecule has 1 aliphatic carbocycles. The highest BCUT2D eigenvalue weighted by Gasteiger charge is 2.22. The molecule has 1 aliphatic rings. The van der Waals surface area contributed by atoms with Crippen LogP contribution in [-0.4, -0.2) is 12.6 Å². The van der Waals surface area contributed by atoms with Gasteiger partial charge >= 0.3 is 0 Å². The molecule has 0 aromatic heterocycles. The Bertz CT molecular complexity index is 369. The molecular formula is C15H22ClN. The molecule has 1 aromatic carbocycles. The zero-order chi connectivity index (χ0) is 12.3. The molecular weight excluding hydrogens is 230 g/mol. The molecule has 0 atom stereocenters. The van der Waals surface area contributed by atoms with Gasteiger partial charge in [0.1, 0.15) is 0 Å². The summed E-state index contributed by atoms with van der Waals surface area (Å²) in [4.78, 5) is 2.57. The quantitative estimate of drug-likeness (QED) is 0.712. The first-order valence-electron chi connectivity index (χ1n) is 6.68. The second-order valence-corrected chi connectivity index (χ2v) is 5.25. The van der Waals surface area contributed by atoms with E-state index in [-0.39, 0.29) is 0 Å². The second kappa shape index (κ2) is 5.77. The van der Waals surface area contributed by atoms with Gasteiger partial charge in [-0.25, -0.2) is 0 Å². The summed E-state index contributed by atoms with van der Waals surface area (Å²) in [5.74, 6) is 0.608. The fourth-order valence-corrected chi connectivity index (χ4v) is 3.13. The number of nitrogens with zero attached hydrogens (tertiary/aromatic N) is 1. The van der Waals surface area contributed by atoms with E-state index in [0.717, 1.165) is 12.6 Å². The highest BCUT2D eigenvalue weighted by atomic mass is 35.5. The third kappa shape index (κ3) is 2.77. The average molecular weight is 252 g/mol. The molecule has 2 heteroatoms. The molecule has 2 rings (SSSR count). The van der Waals surface area contributed by atoms with Crippen LogP contribution < -0.4 is 4.90 Å². The van der Waals surface area contributed by atoms with E-state index in [9.17, 15) is 0 Å². The zero-order valence-corrected chi connectivity index (χ0v) is 11.6. The van der Waals surface area contributed by atoms with Gasteiger partial charge in [0.2, 0.25) is 0 Å². The number of alkyl halides is 1. The summed E-state index contributed by atoms with van der Waals surface area (Å²) in [6.07, 6.45) is 5.48. The van der Waals surface area contributed by atoms with Crippen molar-refractivity contribution in [3.8, 4) is 0 Å². The number of aryl methyl sites for hydroxylation is 1. The van der Waals surface area contributed by atoms with Gasteiger partial charge in [0.05, 0.1) is 0 Å². The molecule has 1 saturated carbocycles. The van der Waals surface area contributed by atoms with Gasteiger partial charge in [-0.1, -0.05) is 25.0 Å². The van der Waals surface area contributed by atoms with Crippen LogP contribution in [-0.2, 0) is 5.88 Å². The average Bonchev–Trinajstić information content (AvgIpc) is 2.85. The summed E-state index contributed by atoms with van der Waals surface area (Å²) in [5, 5.41) is 0. The zero-order valence-electron chi connectivity index (χ0n) is 10.9.